The molecule has 29 heavy (non-hydrogen) atoms. The number of carbonyl (C=O) groups excluding carboxylic acids is 1. The molecule has 152 valence electrons. The summed E-state index contributed by atoms with van der Waals surface area (Å²) in [6.07, 6.45) is 0.969. The van der Waals surface area contributed by atoms with Crippen molar-refractivity contribution in [3.63, 3.8) is 0 Å². The number of nitrogens with zero attached hydrogens (tertiary/aromatic N) is 4. The number of aromatic nitrogens is 4. The minimum atomic E-state index is -0.307. The highest BCUT2D eigenvalue weighted by molar-refractivity contribution is 8.00. The molecule has 1 N–H and O–H groups in total. The minimum Gasteiger partial charge on any atom is -0.355 e. The van der Waals surface area contributed by atoms with Crippen molar-refractivity contribution in [3.8, 4) is 5.69 Å². The summed E-state index contributed by atoms with van der Waals surface area (Å²) in [5.41, 5.74) is 4.43. The lowest BCUT2D eigenvalue weighted by atomic mass is 9.96. The molecule has 0 fully saturated rings. The molecule has 0 aliphatic carbocycles. The van der Waals surface area contributed by atoms with Crippen LogP contribution < -0.4 is 5.32 Å². The average Bonchev–Trinajstić information content (AvgIpc) is 3.16. The van der Waals surface area contributed by atoms with Gasteiger partial charge >= 0.3 is 0 Å². The summed E-state index contributed by atoms with van der Waals surface area (Å²) in [4.78, 5) is 12.7. The van der Waals surface area contributed by atoms with Crippen LogP contribution in [0.15, 0.2) is 53.7 Å². The number of aryl methyl sites for hydroxylation is 2. The molecule has 6 nitrogen and oxygen atoms in total. The van der Waals surface area contributed by atoms with Crippen LogP contribution in [-0.2, 0) is 4.79 Å². The van der Waals surface area contributed by atoms with Gasteiger partial charge in [0, 0.05) is 12.5 Å². The highest BCUT2D eigenvalue weighted by atomic mass is 32.2. The van der Waals surface area contributed by atoms with E-state index < -0.39 is 0 Å². The molecule has 1 amide bonds. The zero-order chi connectivity index (χ0) is 20.8. The van der Waals surface area contributed by atoms with Crippen molar-refractivity contribution in [3.05, 3.63) is 65.2 Å². The van der Waals surface area contributed by atoms with Gasteiger partial charge in [-0.1, -0.05) is 55.1 Å². The molecule has 0 saturated carbocycles. The third-order valence-electron chi connectivity index (χ3n) is 4.83. The van der Waals surface area contributed by atoms with Gasteiger partial charge in [-0.2, -0.15) is 4.68 Å². The van der Waals surface area contributed by atoms with Crippen LogP contribution >= 0.6 is 11.8 Å². The number of carbonyl (C=O) groups is 1. The molecule has 0 bridgehead atoms. The fraction of sp³-hybridized carbons (Fsp3) is 0.364. The maximum Gasteiger partial charge on any atom is 0.233 e. The Morgan fingerprint density at radius 1 is 1.14 bits per heavy atom. The van der Waals surface area contributed by atoms with Crippen LogP contribution in [0.5, 0.6) is 0 Å². The van der Waals surface area contributed by atoms with E-state index in [1.165, 1.54) is 17.3 Å². The molecular weight excluding hydrogens is 382 g/mol. The zero-order valence-corrected chi connectivity index (χ0v) is 18.1. The summed E-state index contributed by atoms with van der Waals surface area (Å²) < 4.78 is 1.69. The van der Waals surface area contributed by atoms with Crippen molar-refractivity contribution < 1.29 is 4.79 Å². The second kappa shape index (κ2) is 9.69. The summed E-state index contributed by atoms with van der Waals surface area (Å²) in [5.74, 6) is 0.289. The number of hydrogen-bond acceptors (Lipinski definition) is 5. The molecule has 3 rings (SSSR count). The lowest BCUT2D eigenvalue weighted by Crippen LogP contribution is -2.34. The Balaban J connectivity index is 1.64. The fourth-order valence-electron chi connectivity index (χ4n) is 3.29. The first kappa shape index (κ1) is 21.0. The lowest BCUT2D eigenvalue weighted by molar-refractivity contribution is -0.120. The molecule has 2 atom stereocenters. The Morgan fingerprint density at radius 3 is 2.48 bits per heavy atom. The average molecular weight is 410 g/mol. The smallest absolute Gasteiger partial charge is 0.233 e. The Labute approximate surface area is 176 Å². The van der Waals surface area contributed by atoms with Crippen molar-refractivity contribution in [1.29, 1.82) is 0 Å². The number of hydrogen-bond donors (Lipinski definition) is 1. The molecule has 2 aromatic carbocycles. The van der Waals surface area contributed by atoms with Crippen LogP contribution in [0.25, 0.3) is 5.69 Å². The van der Waals surface area contributed by atoms with Gasteiger partial charge < -0.3 is 5.32 Å². The minimum absolute atomic E-state index is 0.0145. The van der Waals surface area contributed by atoms with E-state index in [1.54, 1.807) is 4.68 Å². The summed E-state index contributed by atoms with van der Waals surface area (Å²) in [6, 6.07) is 16.5. The van der Waals surface area contributed by atoms with Crippen LogP contribution in [0.4, 0.5) is 0 Å². The third-order valence-corrected chi connectivity index (χ3v) is 5.86. The van der Waals surface area contributed by atoms with Gasteiger partial charge in [-0.05, 0) is 66.4 Å². The molecule has 0 saturated heterocycles. The Bertz CT molecular complexity index is 937. The normalized spacial score (nSPS) is 13.1. The summed E-state index contributed by atoms with van der Waals surface area (Å²) in [6.45, 7) is 8.72. The highest BCUT2D eigenvalue weighted by Crippen LogP contribution is 2.24. The molecule has 1 heterocycles. The van der Waals surface area contributed by atoms with Crippen LogP contribution in [-0.4, -0.2) is 37.9 Å². The van der Waals surface area contributed by atoms with E-state index in [2.05, 4.69) is 46.0 Å². The zero-order valence-electron chi connectivity index (χ0n) is 17.3. The van der Waals surface area contributed by atoms with E-state index in [-0.39, 0.29) is 11.2 Å². The maximum absolute atomic E-state index is 12.7. The highest BCUT2D eigenvalue weighted by Gasteiger charge is 2.20. The second-order valence-corrected chi connectivity index (χ2v) is 8.55. The quantitative estimate of drug-likeness (QED) is 0.568. The number of thioether (sulfide) groups is 1. The molecule has 7 heteroatoms. The summed E-state index contributed by atoms with van der Waals surface area (Å²) in [5, 5.41) is 15.4. The molecule has 0 spiro atoms. The van der Waals surface area contributed by atoms with E-state index in [1.807, 2.05) is 51.1 Å². The number of benzene rings is 2. The molecule has 3 aromatic rings. The van der Waals surface area contributed by atoms with Crippen LogP contribution in [0.2, 0.25) is 0 Å². The Morgan fingerprint density at radius 2 is 1.83 bits per heavy atom. The number of rotatable bonds is 8. The van der Waals surface area contributed by atoms with Gasteiger partial charge in [-0.3, -0.25) is 4.79 Å². The largest absolute Gasteiger partial charge is 0.355 e. The molecule has 0 unspecified atom stereocenters. The predicted molar refractivity (Wildman–Crippen MR) is 116 cm³/mol. The van der Waals surface area contributed by atoms with Crippen molar-refractivity contribution in [2.24, 2.45) is 0 Å². The van der Waals surface area contributed by atoms with Gasteiger partial charge in [0.15, 0.2) is 0 Å². The topological polar surface area (TPSA) is 72.7 Å². The Kier molecular flexibility index (Phi) is 7.04. The first-order chi connectivity index (χ1) is 14.0. The first-order valence-electron chi connectivity index (χ1n) is 9.84. The lowest BCUT2D eigenvalue weighted by Gasteiger charge is -2.18. The van der Waals surface area contributed by atoms with Gasteiger partial charge in [-0.25, -0.2) is 0 Å². The molecular formula is C22H27N5OS. The van der Waals surface area contributed by atoms with Crippen molar-refractivity contribution >= 4 is 17.7 Å². The maximum atomic E-state index is 12.7. The molecule has 0 aliphatic rings. The predicted octanol–water partition coefficient (Wildman–Crippen LogP) is 4.07. The van der Waals surface area contributed by atoms with Gasteiger partial charge in [-0.15, -0.1) is 5.10 Å². The fourth-order valence-corrected chi connectivity index (χ4v) is 4.12. The summed E-state index contributed by atoms with van der Waals surface area (Å²) in [7, 11) is 0. The number of nitrogens with one attached hydrogen (secondary N) is 1. The van der Waals surface area contributed by atoms with Gasteiger partial charge in [0.25, 0.3) is 0 Å². The van der Waals surface area contributed by atoms with Crippen LogP contribution in [0, 0.1) is 13.8 Å². The molecule has 0 radical (unpaired) electrons. The van der Waals surface area contributed by atoms with E-state index >= 15 is 0 Å². The van der Waals surface area contributed by atoms with E-state index in [0.717, 1.165) is 23.2 Å². The standard InChI is InChI=1S/C22H27N5OS/c1-5-18(19-9-7-6-8-10-19)14-23-21(28)17(4)29-22-24-25-26-27(22)20-12-15(2)11-16(3)13-20/h6-13,17-18H,5,14H2,1-4H3,(H,23,28)/t17-,18-/m1/s1. The van der Waals surface area contributed by atoms with Crippen LogP contribution in [0.1, 0.15) is 42.9 Å². The van der Waals surface area contributed by atoms with Crippen molar-refractivity contribution in [2.75, 3.05) is 6.54 Å². The Hall–Kier alpha value is -2.67. The monoisotopic (exact) mass is 409 g/mol. The van der Waals surface area contributed by atoms with E-state index in [4.69, 9.17) is 0 Å². The number of amides is 1. The summed E-state index contributed by atoms with van der Waals surface area (Å²) >= 11 is 1.36. The van der Waals surface area contributed by atoms with Gasteiger partial charge in [0.1, 0.15) is 0 Å². The number of tetrazole rings is 1. The van der Waals surface area contributed by atoms with Gasteiger partial charge in [0.2, 0.25) is 11.1 Å². The third kappa shape index (κ3) is 5.44. The van der Waals surface area contributed by atoms with Gasteiger partial charge in [0.05, 0.1) is 10.9 Å². The van der Waals surface area contributed by atoms with Crippen molar-refractivity contribution in [2.45, 2.75) is 50.4 Å². The molecule has 1 aromatic heterocycles. The molecule has 0 aliphatic heterocycles. The first-order valence-corrected chi connectivity index (χ1v) is 10.7. The van der Waals surface area contributed by atoms with E-state index in [0.29, 0.717) is 17.6 Å². The van der Waals surface area contributed by atoms with E-state index in [9.17, 15) is 4.79 Å². The van der Waals surface area contributed by atoms with Crippen molar-refractivity contribution in [1.82, 2.24) is 25.5 Å². The second-order valence-electron chi connectivity index (χ2n) is 7.24. The SMILES string of the molecule is CC[C@H](CNC(=O)[C@@H](C)Sc1nnnn1-c1cc(C)cc(C)c1)c1ccccc1. The van der Waals surface area contributed by atoms with Crippen LogP contribution in [0.3, 0.4) is 0 Å².